The van der Waals surface area contributed by atoms with Crippen molar-refractivity contribution in [2.45, 2.75) is 69.9 Å². The number of rotatable bonds is 6. The molecule has 0 aromatic heterocycles. The van der Waals surface area contributed by atoms with Crippen molar-refractivity contribution in [1.29, 1.82) is 0 Å². The summed E-state index contributed by atoms with van der Waals surface area (Å²) in [6.07, 6.45) is 8.23. The van der Waals surface area contributed by atoms with E-state index < -0.39 is 5.54 Å². The summed E-state index contributed by atoms with van der Waals surface area (Å²) in [6.45, 7) is 3.44. The Bertz CT molecular complexity index is 870. The number of ether oxygens (including phenoxy) is 2. The lowest BCUT2D eigenvalue weighted by molar-refractivity contribution is -0.138. The molecule has 3 aliphatic carbocycles. The van der Waals surface area contributed by atoms with Gasteiger partial charge in [0.1, 0.15) is 5.75 Å². The van der Waals surface area contributed by atoms with Gasteiger partial charge in [0.25, 0.3) is 5.91 Å². The van der Waals surface area contributed by atoms with Crippen molar-refractivity contribution in [3.8, 4) is 5.75 Å². The molecule has 2 fully saturated rings. The van der Waals surface area contributed by atoms with Crippen LogP contribution in [0.5, 0.6) is 5.75 Å². The number of guanidine groups is 1. The highest BCUT2D eigenvalue weighted by Crippen LogP contribution is 2.62. The molecule has 1 unspecified atom stereocenters. The fourth-order valence-corrected chi connectivity index (χ4v) is 5.87. The van der Waals surface area contributed by atoms with Gasteiger partial charge in [0, 0.05) is 19.1 Å². The summed E-state index contributed by atoms with van der Waals surface area (Å²) in [4.78, 5) is 20.7. The molecule has 5 rings (SSSR count). The number of amides is 1. The van der Waals surface area contributed by atoms with Crippen LogP contribution in [0.25, 0.3) is 0 Å². The van der Waals surface area contributed by atoms with Gasteiger partial charge in [-0.25, -0.2) is 4.99 Å². The van der Waals surface area contributed by atoms with E-state index >= 15 is 0 Å². The van der Waals surface area contributed by atoms with E-state index in [1.54, 1.807) is 12.0 Å². The first-order valence-electron chi connectivity index (χ1n) is 11.5. The zero-order valence-corrected chi connectivity index (χ0v) is 18.2. The van der Waals surface area contributed by atoms with Gasteiger partial charge in [-0.3, -0.25) is 9.69 Å². The summed E-state index contributed by atoms with van der Waals surface area (Å²) in [7, 11) is 1.78. The minimum atomic E-state index is -0.917. The van der Waals surface area contributed by atoms with Gasteiger partial charge in [0.2, 0.25) is 0 Å². The second-order valence-corrected chi connectivity index (χ2v) is 9.60. The minimum Gasteiger partial charge on any atom is -0.493 e. The van der Waals surface area contributed by atoms with Gasteiger partial charge in [-0.15, -0.1) is 0 Å². The molecule has 2 spiro atoms. The average molecular weight is 412 g/mol. The largest absolute Gasteiger partial charge is 0.493 e. The van der Waals surface area contributed by atoms with Gasteiger partial charge < -0.3 is 15.2 Å². The molecule has 1 atom stereocenters. The number of nitrogens with zero attached hydrogens (tertiary/aromatic N) is 2. The second kappa shape index (κ2) is 7.26. The Labute approximate surface area is 178 Å². The van der Waals surface area contributed by atoms with Crippen molar-refractivity contribution in [3.63, 3.8) is 0 Å². The van der Waals surface area contributed by atoms with E-state index in [9.17, 15) is 4.79 Å². The number of hydrogen-bond donors (Lipinski definition) is 1. The van der Waals surface area contributed by atoms with Gasteiger partial charge in [-0.1, -0.05) is 13.0 Å². The van der Waals surface area contributed by atoms with Crippen LogP contribution in [-0.4, -0.2) is 43.1 Å². The maximum absolute atomic E-state index is 14.0. The van der Waals surface area contributed by atoms with E-state index in [0.717, 1.165) is 56.4 Å². The van der Waals surface area contributed by atoms with Gasteiger partial charge >= 0.3 is 0 Å². The van der Waals surface area contributed by atoms with Gasteiger partial charge in [-0.05, 0) is 80.5 Å². The molecule has 1 amide bonds. The fourth-order valence-electron chi connectivity index (χ4n) is 5.87. The Balaban J connectivity index is 1.57. The molecule has 1 aromatic rings. The second-order valence-electron chi connectivity index (χ2n) is 9.60. The maximum atomic E-state index is 14.0. The predicted molar refractivity (Wildman–Crippen MR) is 115 cm³/mol. The molecule has 0 saturated heterocycles. The maximum Gasteiger partial charge on any atom is 0.262 e. The Kier molecular flexibility index (Phi) is 4.80. The fraction of sp³-hybridized carbons (Fsp3) is 0.667. The summed E-state index contributed by atoms with van der Waals surface area (Å²) >= 11 is 0. The number of aliphatic imine (C=N–C) groups is 1. The first-order valence-corrected chi connectivity index (χ1v) is 11.5. The average Bonchev–Trinajstić information content (AvgIpc) is 3.51. The summed E-state index contributed by atoms with van der Waals surface area (Å²) in [5, 5.41) is 0. The van der Waals surface area contributed by atoms with Gasteiger partial charge in [-0.2, -0.15) is 0 Å². The summed E-state index contributed by atoms with van der Waals surface area (Å²) in [5.41, 5.74) is 7.43. The normalized spacial score (nSPS) is 32.7. The van der Waals surface area contributed by atoms with Crippen molar-refractivity contribution in [3.05, 3.63) is 29.3 Å². The highest BCUT2D eigenvalue weighted by molar-refractivity contribution is 6.08. The summed E-state index contributed by atoms with van der Waals surface area (Å²) in [6, 6.07) is 6.29. The van der Waals surface area contributed by atoms with E-state index in [0.29, 0.717) is 18.4 Å². The van der Waals surface area contributed by atoms with Crippen LogP contribution in [0.2, 0.25) is 0 Å². The van der Waals surface area contributed by atoms with Crippen LogP contribution in [0.1, 0.15) is 63.0 Å². The zero-order chi connectivity index (χ0) is 20.9. The van der Waals surface area contributed by atoms with E-state index in [4.69, 9.17) is 20.2 Å². The molecule has 1 aromatic carbocycles. The number of hydrogen-bond acceptors (Lipinski definition) is 5. The smallest absolute Gasteiger partial charge is 0.262 e. The molecule has 1 heterocycles. The number of methoxy groups -OCH3 is 1. The van der Waals surface area contributed by atoms with Crippen molar-refractivity contribution in [2.75, 3.05) is 20.3 Å². The molecule has 1 aliphatic heterocycles. The van der Waals surface area contributed by atoms with Gasteiger partial charge in [0.05, 0.1) is 12.7 Å². The SMILES string of the molecule is CCCN1C(=O)C2(N=C1N)c1cc(OCC3CC3)ccc1CC21CCC(OC)CC1. The molecule has 162 valence electrons. The van der Waals surface area contributed by atoms with Crippen LogP contribution in [0, 0.1) is 11.3 Å². The van der Waals surface area contributed by atoms with Crippen LogP contribution in [-0.2, 0) is 21.5 Å². The quantitative estimate of drug-likeness (QED) is 0.779. The number of carbonyl (C=O) groups is 1. The first-order chi connectivity index (χ1) is 14.5. The monoisotopic (exact) mass is 411 g/mol. The lowest BCUT2D eigenvalue weighted by Crippen LogP contribution is -2.52. The highest BCUT2D eigenvalue weighted by Gasteiger charge is 2.66. The Morgan fingerprint density at radius 3 is 2.67 bits per heavy atom. The van der Waals surface area contributed by atoms with Crippen LogP contribution in [0.15, 0.2) is 23.2 Å². The van der Waals surface area contributed by atoms with Crippen LogP contribution in [0.4, 0.5) is 0 Å². The highest BCUT2D eigenvalue weighted by atomic mass is 16.5. The van der Waals surface area contributed by atoms with Crippen LogP contribution >= 0.6 is 0 Å². The molecule has 2 saturated carbocycles. The standard InChI is InChI=1S/C24H33N3O3/c1-3-12-27-21(28)24(26-22(27)25)20-13-19(30-15-16-4-5-16)7-6-17(20)14-23(24)10-8-18(29-2)9-11-23/h6-7,13,16,18H,3-5,8-12,14-15H2,1-2H3,(H2,25,26). The topological polar surface area (TPSA) is 77.2 Å². The third-order valence-corrected chi connectivity index (χ3v) is 7.73. The van der Waals surface area contributed by atoms with Crippen LogP contribution < -0.4 is 10.5 Å². The van der Waals surface area contributed by atoms with E-state index in [2.05, 4.69) is 25.1 Å². The van der Waals surface area contributed by atoms with Crippen molar-refractivity contribution >= 4 is 11.9 Å². The van der Waals surface area contributed by atoms with Gasteiger partial charge in [0.15, 0.2) is 11.5 Å². The van der Waals surface area contributed by atoms with Crippen molar-refractivity contribution < 1.29 is 14.3 Å². The molecular weight excluding hydrogens is 378 g/mol. The molecule has 4 aliphatic rings. The molecule has 6 heteroatoms. The molecular formula is C24H33N3O3. The number of nitrogens with two attached hydrogens (primary N) is 1. The summed E-state index contributed by atoms with van der Waals surface area (Å²) in [5.74, 6) is 1.95. The third-order valence-electron chi connectivity index (χ3n) is 7.73. The Morgan fingerprint density at radius 1 is 1.23 bits per heavy atom. The molecule has 0 radical (unpaired) electrons. The van der Waals surface area contributed by atoms with E-state index in [-0.39, 0.29) is 17.4 Å². The molecule has 0 bridgehead atoms. The zero-order valence-electron chi connectivity index (χ0n) is 18.2. The number of carbonyl (C=O) groups excluding carboxylic acids is 1. The lowest BCUT2D eigenvalue weighted by atomic mass is 9.61. The lowest BCUT2D eigenvalue weighted by Gasteiger charge is -2.45. The Morgan fingerprint density at radius 2 is 2.00 bits per heavy atom. The minimum absolute atomic E-state index is 0.0517. The number of fused-ring (bicyclic) bond motifs is 3. The molecule has 2 N–H and O–H groups in total. The predicted octanol–water partition coefficient (Wildman–Crippen LogP) is 3.37. The first kappa shape index (κ1) is 19.9. The van der Waals surface area contributed by atoms with Crippen LogP contribution in [0.3, 0.4) is 0 Å². The number of benzene rings is 1. The Hall–Kier alpha value is -2.08. The summed E-state index contributed by atoms with van der Waals surface area (Å²) < 4.78 is 11.7. The van der Waals surface area contributed by atoms with E-state index in [1.165, 1.54) is 18.4 Å². The third kappa shape index (κ3) is 2.87. The molecule has 6 nitrogen and oxygen atoms in total. The van der Waals surface area contributed by atoms with E-state index in [1.807, 2.05) is 0 Å². The van der Waals surface area contributed by atoms with Crippen molar-refractivity contribution in [2.24, 2.45) is 22.1 Å². The van der Waals surface area contributed by atoms with Crippen molar-refractivity contribution in [1.82, 2.24) is 4.90 Å². The molecule has 30 heavy (non-hydrogen) atoms.